The summed E-state index contributed by atoms with van der Waals surface area (Å²) in [6, 6.07) is 28.1. The number of likely N-dealkylation sites (N-methyl/N-ethyl adjacent to an activating group) is 1. The molecular formula is C31H32BrN2O+. The summed E-state index contributed by atoms with van der Waals surface area (Å²) in [6.07, 6.45) is 4.34. The first-order valence-corrected chi connectivity index (χ1v) is 12.6. The number of rotatable bonds is 7. The lowest BCUT2D eigenvalue weighted by Crippen LogP contribution is -2.35. The first-order chi connectivity index (χ1) is 16.9. The maximum Gasteiger partial charge on any atom is 0.213 e. The SMILES string of the molecule is Cc1ccc(-c2cc(-c3ccc(Br)cc3)cc(C=Cc3ccc(N(C)CCO)cc3)[n+]2C)c(C)c1. The van der Waals surface area contributed by atoms with Crippen LogP contribution >= 0.6 is 15.9 Å². The minimum absolute atomic E-state index is 0.145. The van der Waals surface area contributed by atoms with E-state index in [1.165, 1.54) is 33.5 Å². The molecule has 35 heavy (non-hydrogen) atoms. The molecular weight excluding hydrogens is 496 g/mol. The van der Waals surface area contributed by atoms with E-state index in [1.54, 1.807) is 0 Å². The Labute approximate surface area is 217 Å². The first-order valence-electron chi connectivity index (χ1n) is 11.8. The van der Waals surface area contributed by atoms with Gasteiger partial charge in [-0.2, -0.15) is 4.57 Å². The van der Waals surface area contributed by atoms with Crippen molar-refractivity contribution in [3.8, 4) is 22.4 Å². The van der Waals surface area contributed by atoms with Gasteiger partial charge >= 0.3 is 0 Å². The van der Waals surface area contributed by atoms with Crippen molar-refractivity contribution in [2.75, 3.05) is 25.1 Å². The number of aromatic nitrogens is 1. The minimum atomic E-state index is 0.145. The lowest BCUT2D eigenvalue weighted by atomic mass is 9.98. The molecule has 0 bridgehead atoms. The molecule has 1 heterocycles. The molecule has 1 N–H and O–H groups in total. The topological polar surface area (TPSA) is 27.3 Å². The maximum absolute atomic E-state index is 9.18. The van der Waals surface area contributed by atoms with Crippen molar-refractivity contribution in [2.24, 2.45) is 7.05 Å². The standard InChI is InChI=1S/C31H32BrN2O/c1-22-5-16-30(23(2)19-22)31-21-26(25-9-11-27(32)12-10-25)20-29(34(31)4)15-8-24-6-13-28(14-7-24)33(3)17-18-35/h5-16,19-21,35H,17-18H2,1-4H3/q+1. The number of aliphatic hydroxyl groups excluding tert-OH is 1. The molecule has 0 aliphatic heterocycles. The lowest BCUT2D eigenvalue weighted by molar-refractivity contribution is -0.662. The predicted molar refractivity (Wildman–Crippen MR) is 151 cm³/mol. The molecule has 0 spiro atoms. The number of anilines is 1. The van der Waals surface area contributed by atoms with E-state index in [2.05, 4.69) is 132 Å². The highest BCUT2D eigenvalue weighted by atomic mass is 79.9. The van der Waals surface area contributed by atoms with Crippen LogP contribution in [0.5, 0.6) is 0 Å². The smallest absolute Gasteiger partial charge is 0.213 e. The van der Waals surface area contributed by atoms with Gasteiger partial charge in [-0.05, 0) is 72.5 Å². The minimum Gasteiger partial charge on any atom is -0.395 e. The van der Waals surface area contributed by atoms with Crippen LogP contribution in [0, 0.1) is 13.8 Å². The zero-order valence-electron chi connectivity index (χ0n) is 20.8. The second-order valence-corrected chi connectivity index (χ2v) is 9.92. The third-order valence-electron chi connectivity index (χ3n) is 6.40. The molecule has 0 aliphatic rings. The molecule has 0 aliphatic carbocycles. The summed E-state index contributed by atoms with van der Waals surface area (Å²) in [5, 5.41) is 9.18. The lowest BCUT2D eigenvalue weighted by Gasteiger charge is -2.17. The van der Waals surface area contributed by atoms with Gasteiger partial charge in [0.15, 0.2) is 0 Å². The fraction of sp³-hybridized carbons (Fsp3) is 0.194. The van der Waals surface area contributed by atoms with Crippen LogP contribution in [0.1, 0.15) is 22.4 Å². The molecule has 3 nitrogen and oxygen atoms in total. The summed E-state index contributed by atoms with van der Waals surface area (Å²) in [5.74, 6) is 0. The molecule has 0 unspecified atom stereocenters. The van der Waals surface area contributed by atoms with E-state index >= 15 is 0 Å². The summed E-state index contributed by atoms with van der Waals surface area (Å²) in [6.45, 7) is 5.08. The average Bonchev–Trinajstić information content (AvgIpc) is 2.85. The molecule has 0 saturated heterocycles. The van der Waals surface area contributed by atoms with Crippen LogP contribution in [0.4, 0.5) is 5.69 Å². The van der Waals surface area contributed by atoms with Crippen LogP contribution in [0.2, 0.25) is 0 Å². The van der Waals surface area contributed by atoms with Gasteiger partial charge in [-0.1, -0.05) is 57.9 Å². The molecule has 3 aromatic carbocycles. The number of halogens is 1. The molecule has 0 radical (unpaired) electrons. The molecule has 4 aromatic rings. The van der Waals surface area contributed by atoms with Crippen molar-refractivity contribution in [3.05, 3.63) is 106 Å². The summed E-state index contributed by atoms with van der Waals surface area (Å²) < 4.78 is 3.34. The van der Waals surface area contributed by atoms with E-state index in [0.717, 1.165) is 21.4 Å². The zero-order valence-corrected chi connectivity index (χ0v) is 22.4. The van der Waals surface area contributed by atoms with Crippen LogP contribution in [0.15, 0.2) is 83.3 Å². The van der Waals surface area contributed by atoms with Crippen LogP contribution in [-0.2, 0) is 7.05 Å². The van der Waals surface area contributed by atoms with Gasteiger partial charge in [0.05, 0.1) is 6.61 Å². The Morgan fingerprint density at radius 3 is 2.23 bits per heavy atom. The Bertz CT molecular complexity index is 1340. The van der Waals surface area contributed by atoms with Crippen LogP contribution in [0.25, 0.3) is 34.5 Å². The van der Waals surface area contributed by atoms with Gasteiger partial charge in [0.2, 0.25) is 11.4 Å². The highest BCUT2D eigenvalue weighted by Gasteiger charge is 2.18. The molecule has 4 heteroatoms. The fourth-order valence-electron chi connectivity index (χ4n) is 4.31. The molecule has 1 aromatic heterocycles. The quantitative estimate of drug-likeness (QED) is 0.267. The number of aryl methyl sites for hydroxylation is 2. The Hall–Kier alpha value is -3.21. The van der Waals surface area contributed by atoms with Gasteiger partial charge in [0, 0.05) is 47.5 Å². The number of hydrogen-bond acceptors (Lipinski definition) is 2. The normalized spacial score (nSPS) is 11.3. The molecule has 0 saturated carbocycles. The average molecular weight is 529 g/mol. The van der Waals surface area contributed by atoms with Crippen LogP contribution in [0.3, 0.4) is 0 Å². The zero-order chi connectivity index (χ0) is 24.9. The number of hydrogen-bond donors (Lipinski definition) is 1. The van der Waals surface area contributed by atoms with E-state index in [0.29, 0.717) is 6.54 Å². The van der Waals surface area contributed by atoms with E-state index < -0.39 is 0 Å². The van der Waals surface area contributed by atoms with Gasteiger partial charge in [-0.15, -0.1) is 0 Å². The van der Waals surface area contributed by atoms with E-state index in [4.69, 9.17) is 0 Å². The predicted octanol–water partition coefficient (Wildman–Crippen LogP) is 6.82. The first kappa shape index (κ1) is 24.9. The van der Waals surface area contributed by atoms with Crippen molar-refractivity contribution < 1.29 is 9.67 Å². The molecule has 178 valence electrons. The number of pyridine rings is 1. The molecule has 0 atom stereocenters. The number of nitrogens with zero attached hydrogens (tertiary/aromatic N) is 2. The Kier molecular flexibility index (Phi) is 7.84. The van der Waals surface area contributed by atoms with Crippen molar-refractivity contribution >= 4 is 33.8 Å². The number of aliphatic hydroxyl groups is 1. The van der Waals surface area contributed by atoms with E-state index in [-0.39, 0.29) is 6.61 Å². The molecule has 0 fully saturated rings. The van der Waals surface area contributed by atoms with Crippen molar-refractivity contribution in [1.82, 2.24) is 0 Å². The van der Waals surface area contributed by atoms with Gasteiger partial charge in [0.1, 0.15) is 7.05 Å². The van der Waals surface area contributed by atoms with Gasteiger partial charge in [-0.3, -0.25) is 0 Å². The largest absolute Gasteiger partial charge is 0.395 e. The third-order valence-corrected chi connectivity index (χ3v) is 6.92. The van der Waals surface area contributed by atoms with E-state index in [9.17, 15) is 5.11 Å². The van der Waals surface area contributed by atoms with Gasteiger partial charge in [0.25, 0.3) is 0 Å². The van der Waals surface area contributed by atoms with Crippen LogP contribution < -0.4 is 9.47 Å². The van der Waals surface area contributed by atoms with Gasteiger partial charge in [-0.25, -0.2) is 0 Å². The van der Waals surface area contributed by atoms with Crippen molar-refractivity contribution in [1.29, 1.82) is 0 Å². The summed E-state index contributed by atoms with van der Waals surface area (Å²) >= 11 is 3.55. The maximum atomic E-state index is 9.18. The van der Waals surface area contributed by atoms with Crippen molar-refractivity contribution in [3.63, 3.8) is 0 Å². The third kappa shape index (κ3) is 5.90. The molecule has 0 amide bonds. The van der Waals surface area contributed by atoms with Gasteiger partial charge < -0.3 is 10.0 Å². The Morgan fingerprint density at radius 2 is 1.57 bits per heavy atom. The Morgan fingerprint density at radius 1 is 0.857 bits per heavy atom. The number of benzene rings is 3. The summed E-state index contributed by atoms with van der Waals surface area (Å²) in [4.78, 5) is 2.05. The Balaban J connectivity index is 1.77. The van der Waals surface area contributed by atoms with Crippen LogP contribution in [-0.4, -0.2) is 25.3 Å². The second-order valence-electron chi connectivity index (χ2n) is 9.01. The van der Waals surface area contributed by atoms with Crippen molar-refractivity contribution in [2.45, 2.75) is 13.8 Å². The monoisotopic (exact) mass is 527 g/mol. The molecule has 4 rings (SSSR count). The van der Waals surface area contributed by atoms with E-state index in [1.807, 2.05) is 11.9 Å². The summed E-state index contributed by atoms with van der Waals surface area (Å²) in [7, 11) is 4.12. The highest BCUT2D eigenvalue weighted by Crippen LogP contribution is 2.29. The highest BCUT2D eigenvalue weighted by molar-refractivity contribution is 9.10. The second kappa shape index (κ2) is 11.0. The fourth-order valence-corrected chi connectivity index (χ4v) is 4.57. The summed E-state index contributed by atoms with van der Waals surface area (Å²) in [5.41, 5.74) is 10.7.